The maximum absolute atomic E-state index is 6.22. The van der Waals surface area contributed by atoms with Crippen LogP contribution >= 0.6 is 15.9 Å². The van der Waals surface area contributed by atoms with Gasteiger partial charge < -0.3 is 10.5 Å². The molecule has 18 heavy (non-hydrogen) atoms. The molecule has 1 aromatic rings. The largest absolute Gasteiger partial charge is 0.373 e. The van der Waals surface area contributed by atoms with E-state index in [2.05, 4.69) is 34.1 Å². The van der Waals surface area contributed by atoms with E-state index in [9.17, 15) is 0 Å². The van der Waals surface area contributed by atoms with Crippen molar-refractivity contribution >= 4 is 15.9 Å². The van der Waals surface area contributed by atoms with E-state index in [0.29, 0.717) is 24.2 Å². The van der Waals surface area contributed by atoms with Gasteiger partial charge in [0.1, 0.15) is 0 Å². The second-order valence-electron chi connectivity index (χ2n) is 5.67. The zero-order valence-electron chi connectivity index (χ0n) is 10.6. The van der Waals surface area contributed by atoms with Gasteiger partial charge in [-0.2, -0.15) is 0 Å². The van der Waals surface area contributed by atoms with Gasteiger partial charge >= 0.3 is 0 Å². The zero-order chi connectivity index (χ0) is 12.6. The number of hydrogen-bond donors (Lipinski definition) is 1. The third-order valence-corrected chi connectivity index (χ3v) is 5.55. The van der Waals surface area contributed by atoms with Crippen LogP contribution in [0.3, 0.4) is 0 Å². The van der Waals surface area contributed by atoms with Crippen LogP contribution in [0.4, 0.5) is 0 Å². The minimum atomic E-state index is 0.307. The summed E-state index contributed by atoms with van der Waals surface area (Å²) in [6, 6.07) is 8.64. The molecule has 2 atom stereocenters. The summed E-state index contributed by atoms with van der Waals surface area (Å²) in [6.45, 7) is 0.695. The topological polar surface area (TPSA) is 35.2 Å². The number of benzene rings is 1. The van der Waals surface area contributed by atoms with Crippen molar-refractivity contribution in [3.63, 3.8) is 0 Å². The van der Waals surface area contributed by atoms with Crippen LogP contribution in [0.2, 0.25) is 0 Å². The lowest BCUT2D eigenvalue weighted by Crippen LogP contribution is -2.60. The molecule has 1 aromatic carbocycles. The van der Waals surface area contributed by atoms with Crippen molar-refractivity contribution in [2.24, 2.45) is 11.1 Å². The van der Waals surface area contributed by atoms with E-state index in [4.69, 9.17) is 10.5 Å². The van der Waals surface area contributed by atoms with Gasteiger partial charge in [0.2, 0.25) is 0 Å². The molecule has 2 nitrogen and oxygen atoms in total. The summed E-state index contributed by atoms with van der Waals surface area (Å²) in [5, 5.41) is 0. The number of hydrogen-bond acceptors (Lipinski definition) is 2. The summed E-state index contributed by atoms with van der Waals surface area (Å²) in [5.74, 6) is 0. The average Bonchev–Trinajstić information content (AvgIpc) is 2.88. The summed E-state index contributed by atoms with van der Waals surface area (Å²) in [7, 11) is 0. The van der Waals surface area contributed by atoms with Crippen LogP contribution in [-0.2, 0) is 11.3 Å². The standard InChI is InChI=1S/C15H20BrNO/c16-12-6-2-1-5-11(12)10-18-14-9-13(17)15(14)7-3-4-8-15/h1-2,5-6,13-14H,3-4,7-10,17H2. The molecule has 98 valence electrons. The molecular weight excluding hydrogens is 290 g/mol. The van der Waals surface area contributed by atoms with Gasteiger partial charge in [-0.3, -0.25) is 0 Å². The molecule has 0 amide bonds. The maximum Gasteiger partial charge on any atom is 0.0731 e. The first-order valence-corrected chi connectivity index (χ1v) is 7.62. The first kappa shape index (κ1) is 12.6. The quantitative estimate of drug-likeness (QED) is 0.925. The molecule has 2 aliphatic rings. The van der Waals surface area contributed by atoms with Gasteiger partial charge in [0, 0.05) is 15.9 Å². The lowest BCUT2D eigenvalue weighted by atomic mass is 9.61. The van der Waals surface area contributed by atoms with Gasteiger partial charge in [-0.25, -0.2) is 0 Å². The Morgan fingerprint density at radius 1 is 1.28 bits per heavy atom. The van der Waals surface area contributed by atoms with E-state index >= 15 is 0 Å². The highest BCUT2D eigenvalue weighted by Gasteiger charge is 2.55. The summed E-state index contributed by atoms with van der Waals surface area (Å²) in [6.07, 6.45) is 6.57. The van der Waals surface area contributed by atoms with Crippen LogP contribution in [-0.4, -0.2) is 12.1 Å². The van der Waals surface area contributed by atoms with Crippen LogP contribution in [0.1, 0.15) is 37.7 Å². The lowest BCUT2D eigenvalue weighted by molar-refractivity contribution is -0.130. The van der Waals surface area contributed by atoms with Crippen molar-refractivity contribution in [3.05, 3.63) is 34.3 Å². The van der Waals surface area contributed by atoms with E-state index < -0.39 is 0 Å². The zero-order valence-corrected chi connectivity index (χ0v) is 12.2. The van der Waals surface area contributed by atoms with Gasteiger partial charge in [0.15, 0.2) is 0 Å². The van der Waals surface area contributed by atoms with Gasteiger partial charge in [0.05, 0.1) is 12.7 Å². The van der Waals surface area contributed by atoms with Crippen LogP contribution in [0.5, 0.6) is 0 Å². The normalized spacial score (nSPS) is 29.4. The molecule has 3 heteroatoms. The van der Waals surface area contributed by atoms with Gasteiger partial charge in [0.25, 0.3) is 0 Å². The monoisotopic (exact) mass is 309 g/mol. The van der Waals surface area contributed by atoms with Gasteiger partial charge in [-0.1, -0.05) is 47.0 Å². The predicted octanol–water partition coefficient (Wildman–Crippen LogP) is 3.63. The van der Waals surface area contributed by atoms with Crippen molar-refractivity contribution in [3.8, 4) is 0 Å². The first-order valence-electron chi connectivity index (χ1n) is 6.83. The van der Waals surface area contributed by atoms with Gasteiger partial charge in [-0.05, 0) is 30.9 Å². The molecule has 0 saturated heterocycles. The highest BCUT2D eigenvalue weighted by atomic mass is 79.9. The van der Waals surface area contributed by atoms with Crippen LogP contribution in [0.25, 0.3) is 0 Å². The Morgan fingerprint density at radius 2 is 2.00 bits per heavy atom. The molecule has 2 aliphatic carbocycles. The number of rotatable bonds is 3. The predicted molar refractivity (Wildman–Crippen MR) is 76.2 cm³/mol. The molecule has 0 radical (unpaired) electrons. The van der Waals surface area contributed by atoms with E-state index in [1.807, 2.05) is 6.07 Å². The van der Waals surface area contributed by atoms with E-state index in [1.165, 1.54) is 31.2 Å². The number of nitrogens with two attached hydrogens (primary N) is 1. The SMILES string of the molecule is NC1CC(OCc2ccccc2Br)C12CCCC2. The maximum atomic E-state index is 6.22. The summed E-state index contributed by atoms with van der Waals surface area (Å²) >= 11 is 3.57. The van der Waals surface area contributed by atoms with Crippen molar-refractivity contribution < 1.29 is 4.74 Å². The smallest absolute Gasteiger partial charge is 0.0731 e. The first-order chi connectivity index (χ1) is 8.72. The Hall–Kier alpha value is -0.380. The number of ether oxygens (including phenoxy) is 1. The Labute approximate surface area is 117 Å². The van der Waals surface area contributed by atoms with Crippen molar-refractivity contribution in [2.75, 3.05) is 0 Å². The Morgan fingerprint density at radius 3 is 2.67 bits per heavy atom. The third kappa shape index (κ3) is 2.02. The van der Waals surface area contributed by atoms with E-state index in [1.54, 1.807) is 0 Å². The van der Waals surface area contributed by atoms with E-state index in [-0.39, 0.29) is 0 Å². The van der Waals surface area contributed by atoms with E-state index in [0.717, 1.165) is 10.9 Å². The van der Waals surface area contributed by atoms with Crippen molar-refractivity contribution in [1.29, 1.82) is 0 Å². The molecule has 2 saturated carbocycles. The lowest BCUT2D eigenvalue weighted by Gasteiger charge is -2.52. The summed E-state index contributed by atoms with van der Waals surface area (Å²) in [4.78, 5) is 0. The Kier molecular flexibility index (Phi) is 3.48. The minimum Gasteiger partial charge on any atom is -0.373 e. The molecule has 3 rings (SSSR count). The highest BCUT2D eigenvalue weighted by molar-refractivity contribution is 9.10. The molecule has 0 aromatic heterocycles. The second-order valence-corrected chi connectivity index (χ2v) is 6.53. The third-order valence-electron chi connectivity index (χ3n) is 4.78. The fourth-order valence-corrected chi connectivity index (χ4v) is 3.94. The molecule has 0 bridgehead atoms. The second kappa shape index (κ2) is 4.95. The summed E-state index contributed by atoms with van der Waals surface area (Å²) < 4.78 is 7.28. The van der Waals surface area contributed by atoms with Crippen LogP contribution in [0, 0.1) is 5.41 Å². The fraction of sp³-hybridized carbons (Fsp3) is 0.600. The highest BCUT2D eigenvalue weighted by Crippen LogP contribution is 2.54. The Balaban J connectivity index is 1.63. The molecule has 1 spiro atoms. The van der Waals surface area contributed by atoms with Crippen LogP contribution < -0.4 is 5.73 Å². The molecule has 2 N–H and O–H groups in total. The van der Waals surface area contributed by atoms with Crippen molar-refractivity contribution in [1.82, 2.24) is 0 Å². The van der Waals surface area contributed by atoms with Crippen molar-refractivity contribution in [2.45, 2.75) is 50.9 Å². The van der Waals surface area contributed by atoms with Crippen LogP contribution in [0.15, 0.2) is 28.7 Å². The fourth-order valence-electron chi connectivity index (χ4n) is 3.54. The molecule has 2 unspecified atom stereocenters. The van der Waals surface area contributed by atoms with Gasteiger partial charge in [-0.15, -0.1) is 0 Å². The molecule has 0 heterocycles. The average molecular weight is 310 g/mol. The molecule has 0 aliphatic heterocycles. The minimum absolute atomic E-state index is 0.307. The molecular formula is C15H20BrNO. The summed E-state index contributed by atoms with van der Waals surface area (Å²) in [5.41, 5.74) is 7.75. The number of halogens is 1. The Bertz CT molecular complexity index is 428. The molecule has 2 fully saturated rings.